The van der Waals surface area contributed by atoms with Crippen LogP contribution in [0.1, 0.15) is 41.5 Å². The molecule has 0 saturated heterocycles. The normalized spacial score (nSPS) is 14.1. The van der Waals surface area contributed by atoms with Crippen molar-refractivity contribution in [3.8, 4) is 0 Å². The SMILES string of the molecule is CC(C)(C)P(C(C)(C)C)[PH](C)(c1ccccc1)c1ccccc1. The Morgan fingerprint density at radius 1 is 0.609 bits per heavy atom. The molecule has 2 aromatic carbocycles. The predicted octanol–water partition coefficient (Wildman–Crippen LogP) is 6.01. The van der Waals surface area contributed by atoms with Gasteiger partial charge in [-0.15, -0.1) is 0 Å². The molecule has 0 fully saturated rings. The summed E-state index contributed by atoms with van der Waals surface area (Å²) < 4.78 is 0. The molecule has 0 aliphatic rings. The molecule has 126 valence electrons. The molecule has 0 radical (unpaired) electrons. The zero-order chi connectivity index (χ0) is 17.3. The summed E-state index contributed by atoms with van der Waals surface area (Å²) in [4.78, 5) is 0. The van der Waals surface area contributed by atoms with Crippen molar-refractivity contribution in [2.24, 2.45) is 0 Å². The van der Waals surface area contributed by atoms with Crippen molar-refractivity contribution in [1.82, 2.24) is 0 Å². The van der Waals surface area contributed by atoms with Gasteiger partial charge in [0.25, 0.3) is 0 Å². The van der Waals surface area contributed by atoms with Gasteiger partial charge in [0, 0.05) is 0 Å². The molecule has 23 heavy (non-hydrogen) atoms. The summed E-state index contributed by atoms with van der Waals surface area (Å²) in [6, 6.07) is 22.6. The maximum absolute atomic E-state index is 2.60. The van der Waals surface area contributed by atoms with E-state index < -0.39 is 6.95 Å². The third-order valence-corrected chi connectivity index (χ3v) is 19.2. The minimum absolute atomic E-state index is 0.202. The van der Waals surface area contributed by atoms with Crippen LogP contribution in [0.4, 0.5) is 0 Å². The van der Waals surface area contributed by atoms with Crippen molar-refractivity contribution in [1.29, 1.82) is 0 Å². The van der Waals surface area contributed by atoms with E-state index >= 15 is 0 Å². The van der Waals surface area contributed by atoms with Gasteiger partial charge in [-0.05, 0) is 0 Å². The molecule has 0 saturated carbocycles. The van der Waals surface area contributed by atoms with Crippen LogP contribution < -0.4 is 10.6 Å². The first-order chi connectivity index (χ1) is 10.6. The quantitative estimate of drug-likeness (QED) is 0.597. The number of hydrogen-bond acceptors (Lipinski definition) is 0. The summed E-state index contributed by atoms with van der Waals surface area (Å²) in [6.45, 7) is 15.4. The fourth-order valence-electron chi connectivity index (χ4n) is 4.30. The van der Waals surface area contributed by atoms with Gasteiger partial charge in [-0.2, -0.15) is 0 Å². The molecule has 0 N–H and O–H groups in total. The third-order valence-electron chi connectivity index (χ3n) is 4.46. The van der Waals surface area contributed by atoms with E-state index in [1.807, 2.05) is 0 Å². The summed E-state index contributed by atoms with van der Waals surface area (Å²) in [5.74, 6) is 0. The Balaban J connectivity index is 2.77. The van der Waals surface area contributed by atoms with E-state index in [4.69, 9.17) is 0 Å². The van der Waals surface area contributed by atoms with E-state index in [9.17, 15) is 0 Å². The molecule has 0 unspecified atom stereocenters. The molecule has 0 aliphatic carbocycles. The van der Waals surface area contributed by atoms with Gasteiger partial charge in [0.2, 0.25) is 0 Å². The average molecular weight is 346 g/mol. The Labute approximate surface area is 144 Å². The summed E-state index contributed by atoms with van der Waals surface area (Å²) >= 11 is 0. The summed E-state index contributed by atoms with van der Waals surface area (Å²) in [5.41, 5.74) is 0. The number of benzene rings is 2. The third kappa shape index (κ3) is 3.87. The first-order valence-corrected chi connectivity index (χ1v) is 13.2. The second-order valence-corrected chi connectivity index (χ2v) is 19.2. The van der Waals surface area contributed by atoms with Crippen molar-refractivity contribution < 1.29 is 0 Å². The molecular formula is C21H32P2. The Morgan fingerprint density at radius 3 is 1.17 bits per heavy atom. The van der Waals surface area contributed by atoms with Crippen LogP contribution in [0.2, 0.25) is 0 Å². The van der Waals surface area contributed by atoms with Crippen LogP contribution in [0.5, 0.6) is 0 Å². The first kappa shape index (κ1) is 18.6. The number of hydrogen-bond donors (Lipinski definition) is 0. The van der Waals surface area contributed by atoms with Gasteiger partial charge >= 0.3 is 144 Å². The van der Waals surface area contributed by atoms with Crippen LogP contribution in [-0.4, -0.2) is 17.0 Å². The van der Waals surface area contributed by atoms with E-state index in [1.54, 1.807) is 10.6 Å². The zero-order valence-corrected chi connectivity index (χ0v) is 17.6. The second kappa shape index (κ2) is 6.66. The fourth-order valence-corrected chi connectivity index (χ4v) is 22.0. The van der Waals surface area contributed by atoms with E-state index in [0.717, 1.165) is 0 Å². The van der Waals surface area contributed by atoms with Crippen LogP contribution in [0, 0.1) is 0 Å². The molecule has 2 aromatic rings. The first-order valence-electron chi connectivity index (χ1n) is 8.49. The van der Waals surface area contributed by atoms with E-state index in [0.29, 0.717) is 10.3 Å². The van der Waals surface area contributed by atoms with Crippen molar-refractivity contribution in [3.05, 3.63) is 60.7 Å². The number of rotatable bonds is 3. The van der Waals surface area contributed by atoms with Crippen molar-refractivity contribution in [2.75, 3.05) is 6.66 Å². The van der Waals surface area contributed by atoms with Crippen molar-refractivity contribution >= 4 is 25.2 Å². The van der Waals surface area contributed by atoms with E-state index in [1.165, 1.54) is 0 Å². The molecule has 0 heterocycles. The van der Waals surface area contributed by atoms with E-state index in [-0.39, 0.29) is 7.61 Å². The molecule has 0 nitrogen and oxygen atoms in total. The zero-order valence-electron chi connectivity index (χ0n) is 15.7. The van der Waals surface area contributed by atoms with Gasteiger partial charge in [-0.25, -0.2) is 0 Å². The van der Waals surface area contributed by atoms with Gasteiger partial charge in [0.1, 0.15) is 0 Å². The Kier molecular flexibility index (Phi) is 5.40. The molecule has 0 aromatic heterocycles. The molecule has 0 bridgehead atoms. The summed E-state index contributed by atoms with van der Waals surface area (Å²) in [6.07, 6.45) is 0. The monoisotopic (exact) mass is 346 g/mol. The van der Waals surface area contributed by atoms with Crippen LogP contribution in [-0.2, 0) is 0 Å². The minimum atomic E-state index is -1.84. The van der Waals surface area contributed by atoms with Gasteiger partial charge in [0.15, 0.2) is 0 Å². The second-order valence-electron chi connectivity index (χ2n) is 8.48. The molecule has 0 spiro atoms. The van der Waals surface area contributed by atoms with Crippen molar-refractivity contribution in [2.45, 2.75) is 51.9 Å². The Hall–Kier alpha value is -0.700. The van der Waals surface area contributed by atoms with Crippen LogP contribution in [0.3, 0.4) is 0 Å². The summed E-state index contributed by atoms with van der Waals surface area (Å²) in [7, 11) is -0.202. The van der Waals surface area contributed by atoms with E-state index in [2.05, 4.69) is 109 Å². The standard InChI is InChI=1S/C21H32P2/c1-20(2,3)22(21(4,5)6)23(7,18-14-10-8-11-15-18)19-16-12-9-13-17-19/h8-17,23H,1-7H3. The molecule has 0 atom stereocenters. The maximum atomic E-state index is 2.60. The Morgan fingerprint density at radius 2 is 0.913 bits per heavy atom. The van der Waals surface area contributed by atoms with Crippen molar-refractivity contribution in [3.63, 3.8) is 0 Å². The molecule has 2 rings (SSSR count). The van der Waals surface area contributed by atoms with Crippen LogP contribution >= 0.6 is 14.6 Å². The molecule has 0 aliphatic heterocycles. The fraction of sp³-hybridized carbons (Fsp3) is 0.429. The molecular weight excluding hydrogens is 314 g/mol. The van der Waals surface area contributed by atoms with Gasteiger partial charge in [-0.1, -0.05) is 0 Å². The topological polar surface area (TPSA) is 0 Å². The molecule has 0 amide bonds. The van der Waals surface area contributed by atoms with Gasteiger partial charge < -0.3 is 0 Å². The predicted molar refractivity (Wildman–Crippen MR) is 113 cm³/mol. The summed E-state index contributed by atoms with van der Waals surface area (Å²) in [5, 5.41) is 3.78. The Bertz CT molecular complexity index is 565. The average Bonchev–Trinajstić information content (AvgIpc) is 2.46. The van der Waals surface area contributed by atoms with Crippen LogP contribution in [0.25, 0.3) is 0 Å². The molecule has 2 heteroatoms. The van der Waals surface area contributed by atoms with Crippen LogP contribution in [0.15, 0.2) is 60.7 Å². The van der Waals surface area contributed by atoms with Gasteiger partial charge in [0.05, 0.1) is 0 Å². The van der Waals surface area contributed by atoms with Gasteiger partial charge in [-0.3, -0.25) is 0 Å².